The molecule has 1 aromatic heterocycles. The van der Waals surface area contributed by atoms with E-state index in [1.54, 1.807) is 42.7 Å². The van der Waals surface area contributed by atoms with E-state index < -0.39 is 17.9 Å². The first-order valence-corrected chi connectivity index (χ1v) is 10.0. The van der Waals surface area contributed by atoms with Gasteiger partial charge in [0, 0.05) is 18.8 Å². The summed E-state index contributed by atoms with van der Waals surface area (Å²) in [6.45, 7) is 1.71. The molecule has 0 bridgehead atoms. The van der Waals surface area contributed by atoms with Gasteiger partial charge in [-0.05, 0) is 44.4 Å². The highest BCUT2D eigenvalue weighted by Crippen LogP contribution is 2.21. The smallest absolute Gasteiger partial charge is 0.254 e. The molecular weight excluding hydrogens is 396 g/mol. The van der Waals surface area contributed by atoms with Crippen molar-refractivity contribution in [3.8, 4) is 0 Å². The minimum Gasteiger partial charge on any atom is -0.340 e. The molecule has 1 atom stereocenters. The molecule has 2 heterocycles. The lowest BCUT2D eigenvalue weighted by Gasteiger charge is -2.14. The largest absolute Gasteiger partial charge is 0.340 e. The minimum atomic E-state index is -0.964. The number of imidazole rings is 1. The van der Waals surface area contributed by atoms with Gasteiger partial charge >= 0.3 is 0 Å². The first-order chi connectivity index (χ1) is 14.9. The van der Waals surface area contributed by atoms with Crippen LogP contribution < -0.4 is 16.0 Å². The fourth-order valence-corrected chi connectivity index (χ4v) is 3.48. The summed E-state index contributed by atoms with van der Waals surface area (Å²) in [5, 5.41) is 8.12. The van der Waals surface area contributed by atoms with Gasteiger partial charge in [0.1, 0.15) is 6.04 Å². The third-order valence-electron chi connectivity index (χ3n) is 5.13. The lowest BCUT2D eigenvalue weighted by atomic mass is 10.1. The molecule has 0 spiro atoms. The lowest BCUT2D eigenvalue weighted by molar-refractivity contribution is -0.122. The summed E-state index contributed by atoms with van der Waals surface area (Å²) in [7, 11) is 4.03. The molecule has 160 valence electrons. The maximum atomic E-state index is 12.6. The van der Waals surface area contributed by atoms with Gasteiger partial charge in [-0.25, -0.2) is 4.98 Å². The van der Waals surface area contributed by atoms with Gasteiger partial charge in [0.15, 0.2) is 0 Å². The number of aromatic nitrogens is 2. The normalized spacial score (nSPS) is 15.9. The van der Waals surface area contributed by atoms with E-state index in [1.165, 1.54) is 0 Å². The molecule has 4 rings (SSSR count). The molecule has 9 nitrogen and oxygen atoms in total. The topological polar surface area (TPSA) is 108 Å². The summed E-state index contributed by atoms with van der Waals surface area (Å²) in [5.74, 6) is -1.20. The Morgan fingerprint density at radius 2 is 2.00 bits per heavy atom. The summed E-state index contributed by atoms with van der Waals surface area (Å²) in [6, 6.07) is 11.3. The molecule has 1 aliphatic rings. The molecule has 0 saturated carbocycles. The van der Waals surface area contributed by atoms with Crippen molar-refractivity contribution in [1.82, 2.24) is 19.8 Å². The number of hydrogen-bond donors (Lipinski definition) is 3. The number of amides is 3. The van der Waals surface area contributed by atoms with Crippen molar-refractivity contribution in [2.24, 2.45) is 0 Å². The lowest BCUT2D eigenvalue weighted by Crippen LogP contribution is -2.43. The van der Waals surface area contributed by atoms with Gasteiger partial charge in [0.05, 0.1) is 35.0 Å². The predicted molar refractivity (Wildman–Crippen MR) is 118 cm³/mol. The summed E-state index contributed by atoms with van der Waals surface area (Å²) in [4.78, 5) is 43.9. The van der Waals surface area contributed by atoms with Gasteiger partial charge in [-0.3, -0.25) is 14.4 Å². The van der Waals surface area contributed by atoms with Crippen LogP contribution >= 0.6 is 0 Å². The van der Waals surface area contributed by atoms with Crippen LogP contribution in [0.1, 0.15) is 16.8 Å². The van der Waals surface area contributed by atoms with Gasteiger partial charge in [0.2, 0.25) is 11.8 Å². The van der Waals surface area contributed by atoms with Gasteiger partial charge in [0.25, 0.3) is 5.91 Å². The second-order valence-corrected chi connectivity index (χ2v) is 7.76. The maximum absolute atomic E-state index is 12.6. The zero-order valence-corrected chi connectivity index (χ0v) is 17.4. The summed E-state index contributed by atoms with van der Waals surface area (Å²) in [5.41, 5.74) is 3.14. The molecule has 3 amide bonds. The van der Waals surface area contributed by atoms with E-state index in [1.807, 2.05) is 20.2 Å². The first-order valence-electron chi connectivity index (χ1n) is 10.0. The summed E-state index contributed by atoms with van der Waals surface area (Å²) < 4.78 is 2.06. The number of anilines is 2. The van der Waals surface area contributed by atoms with Gasteiger partial charge in [-0.15, -0.1) is 0 Å². The Labute approximate surface area is 179 Å². The van der Waals surface area contributed by atoms with Crippen LogP contribution in [0.15, 0.2) is 48.8 Å². The summed E-state index contributed by atoms with van der Waals surface area (Å²) >= 11 is 0. The van der Waals surface area contributed by atoms with E-state index in [0.29, 0.717) is 16.9 Å². The van der Waals surface area contributed by atoms with Crippen LogP contribution in [0.3, 0.4) is 0 Å². The highest BCUT2D eigenvalue weighted by atomic mass is 16.2. The number of carbonyl (C=O) groups is 3. The zero-order valence-electron chi connectivity index (χ0n) is 17.4. The Hall–Kier alpha value is -3.72. The Morgan fingerprint density at radius 3 is 2.81 bits per heavy atom. The number of likely N-dealkylation sites (N-methyl/N-ethyl adjacent to an activating group) is 1. The van der Waals surface area contributed by atoms with Crippen LogP contribution in [-0.2, 0) is 16.1 Å². The van der Waals surface area contributed by atoms with E-state index in [9.17, 15) is 14.4 Å². The number of rotatable bonds is 6. The van der Waals surface area contributed by atoms with Crippen LogP contribution in [0, 0.1) is 0 Å². The molecule has 0 radical (unpaired) electrons. The van der Waals surface area contributed by atoms with Crippen LogP contribution in [0.5, 0.6) is 0 Å². The van der Waals surface area contributed by atoms with Gasteiger partial charge in [-0.1, -0.05) is 12.1 Å². The van der Waals surface area contributed by atoms with Crippen molar-refractivity contribution in [3.63, 3.8) is 0 Å². The monoisotopic (exact) mass is 420 g/mol. The van der Waals surface area contributed by atoms with Crippen molar-refractivity contribution in [2.45, 2.75) is 19.0 Å². The quantitative estimate of drug-likeness (QED) is 0.562. The Kier molecular flexibility index (Phi) is 5.68. The number of hydrogen-bond acceptors (Lipinski definition) is 5. The SMILES string of the molecule is CN(C)CCn1cnc2cc(NC(=O)CC3NC(=O)c4ccccc4NC3=O)ccc21. The number of benzene rings is 2. The summed E-state index contributed by atoms with van der Waals surface area (Å²) in [6.07, 6.45) is 1.60. The molecule has 2 aromatic carbocycles. The van der Waals surface area contributed by atoms with E-state index in [0.717, 1.165) is 24.1 Å². The van der Waals surface area contributed by atoms with Gasteiger partial charge < -0.3 is 25.4 Å². The van der Waals surface area contributed by atoms with Crippen LogP contribution in [0.25, 0.3) is 11.0 Å². The third kappa shape index (κ3) is 4.56. The molecule has 1 aliphatic heterocycles. The number of para-hydroxylation sites is 1. The van der Waals surface area contributed by atoms with E-state index in [-0.39, 0.29) is 12.3 Å². The van der Waals surface area contributed by atoms with Crippen molar-refractivity contribution < 1.29 is 14.4 Å². The highest BCUT2D eigenvalue weighted by molar-refractivity contribution is 6.11. The van der Waals surface area contributed by atoms with Crippen molar-refractivity contribution in [1.29, 1.82) is 0 Å². The fourth-order valence-electron chi connectivity index (χ4n) is 3.48. The molecule has 3 N–H and O–H groups in total. The number of carbonyl (C=O) groups excluding carboxylic acids is 3. The molecule has 9 heteroatoms. The zero-order chi connectivity index (χ0) is 22.0. The fraction of sp³-hybridized carbons (Fsp3) is 0.273. The molecule has 0 aliphatic carbocycles. The third-order valence-corrected chi connectivity index (χ3v) is 5.13. The van der Waals surface area contributed by atoms with Crippen molar-refractivity contribution >= 4 is 40.1 Å². The number of fused-ring (bicyclic) bond motifs is 2. The van der Waals surface area contributed by atoms with Gasteiger partial charge in [-0.2, -0.15) is 0 Å². The molecule has 3 aromatic rings. The molecule has 0 saturated heterocycles. The van der Waals surface area contributed by atoms with E-state index >= 15 is 0 Å². The van der Waals surface area contributed by atoms with E-state index in [2.05, 4.69) is 30.4 Å². The molecule has 1 unspecified atom stereocenters. The van der Waals surface area contributed by atoms with Crippen LogP contribution in [0.2, 0.25) is 0 Å². The number of nitrogens with one attached hydrogen (secondary N) is 3. The molecule has 0 fully saturated rings. The average molecular weight is 420 g/mol. The second-order valence-electron chi connectivity index (χ2n) is 7.76. The molecule has 31 heavy (non-hydrogen) atoms. The Morgan fingerprint density at radius 1 is 1.19 bits per heavy atom. The number of nitrogens with zero attached hydrogens (tertiary/aromatic N) is 3. The van der Waals surface area contributed by atoms with Crippen molar-refractivity contribution in [2.75, 3.05) is 31.3 Å². The minimum absolute atomic E-state index is 0.180. The van der Waals surface area contributed by atoms with Crippen LogP contribution in [0.4, 0.5) is 11.4 Å². The Balaban J connectivity index is 1.42. The maximum Gasteiger partial charge on any atom is 0.254 e. The highest BCUT2D eigenvalue weighted by Gasteiger charge is 2.29. The van der Waals surface area contributed by atoms with Crippen LogP contribution in [-0.4, -0.2) is 58.9 Å². The van der Waals surface area contributed by atoms with E-state index in [4.69, 9.17) is 0 Å². The Bertz CT molecular complexity index is 1150. The van der Waals surface area contributed by atoms with Crippen molar-refractivity contribution in [3.05, 3.63) is 54.4 Å². The second kappa shape index (κ2) is 8.57. The standard InChI is InChI=1S/C22H24N6O3/c1-27(2)9-10-28-13-23-17-11-14(7-8-19(17)28)24-20(29)12-18-22(31)25-16-6-4-3-5-15(16)21(30)26-18/h3-8,11,13,18H,9-10,12H2,1-2H3,(H,24,29)(H,25,31)(H,26,30). The molecular formula is C22H24N6O3. The predicted octanol–water partition coefficient (Wildman–Crippen LogP) is 1.68. The average Bonchev–Trinajstić information content (AvgIpc) is 3.09. The first kappa shape index (κ1) is 20.5.